The summed E-state index contributed by atoms with van der Waals surface area (Å²) in [6.45, 7) is 17.6. The second-order valence-corrected chi connectivity index (χ2v) is 20.6. The van der Waals surface area contributed by atoms with E-state index < -0.39 is 30.5 Å². The Labute approximate surface area is 328 Å². The van der Waals surface area contributed by atoms with Gasteiger partial charge in [0.1, 0.15) is 63.2 Å². The Hall–Kier alpha value is -0.520. The number of aliphatic hydroxyl groups is 5. The molecule has 5 unspecified atom stereocenters. The molecular formula is C40H95N8O5+5. The molecule has 0 aromatic rings. The summed E-state index contributed by atoms with van der Waals surface area (Å²) in [4.78, 5) is 6.71. The minimum absolute atomic E-state index is 0.463. The fourth-order valence-corrected chi connectivity index (χ4v) is 8.22. The van der Waals surface area contributed by atoms with E-state index in [0.29, 0.717) is 101 Å². The lowest BCUT2D eigenvalue weighted by Crippen LogP contribution is -2.54. The predicted octanol–water partition coefficient (Wildman–Crippen LogP) is -0.431. The number of likely N-dealkylation sites (N-methyl/N-ethyl adjacent to an activating group) is 5. The number of rotatable bonds is 32. The van der Waals surface area contributed by atoms with E-state index in [-0.39, 0.29) is 0 Å². The van der Waals surface area contributed by atoms with Crippen LogP contribution in [0, 0.1) is 0 Å². The highest BCUT2D eigenvalue weighted by Gasteiger charge is 2.29. The van der Waals surface area contributed by atoms with Gasteiger partial charge in [0.2, 0.25) is 0 Å². The van der Waals surface area contributed by atoms with Gasteiger partial charge in [0.05, 0.1) is 104 Å². The van der Waals surface area contributed by atoms with Crippen molar-refractivity contribution in [2.75, 3.05) is 196 Å². The largest absolute Gasteiger partial charge is 0.386 e. The highest BCUT2D eigenvalue weighted by molar-refractivity contribution is 4.76. The van der Waals surface area contributed by atoms with Gasteiger partial charge >= 0.3 is 0 Å². The van der Waals surface area contributed by atoms with Crippen molar-refractivity contribution >= 4 is 0 Å². The Morgan fingerprint density at radius 2 is 0.547 bits per heavy atom. The second-order valence-electron chi connectivity index (χ2n) is 20.6. The highest BCUT2D eigenvalue weighted by atomic mass is 16.3. The van der Waals surface area contributed by atoms with Crippen LogP contribution in [0.1, 0.15) is 40.0 Å². The SMILES string of the molecule is CCC[N+](C)(C)CC(O)CN(CCN(CCN(CC(O)C[N+](C)(C)CCC)CC(O)C[N+](C)(C)CCC)CC(O)C[N+](C)(C)C)CC(O)C[N+](C)(C)C. The van der Waals surface area contributed by atoms with Crippen molar-refractivity contribution < 1.29 is 47.9 Å². The first-order valence-corrected chi connectivity index (χ1v) is 20.7. The molecular weight excluding hydrogens is 672 g/mol. The Kier molecular flexibility index (Phi) is 24.1. The van der Waals surface area contributed by atoms with E-state index in [2.05, 4.69) is 120 Å². The van der Waals surface area contributed by atoms with Crippen LogP contribution in [-0.4, -0.2) is 289 Å². The van der Waals surface area contributed by atoms with Gasteiger partial charge in [0, 0.05) is 58.9 Å². The van der Waals surface area contributed by atoms with Gasteiger partial charge in [-0.3, -0.25) is 14.7 Å². The fourth-order valence-electron chi connectivity index (χ4n) is 8.22. The summed E-state index contributed by atoms with van der Waals surface area (Å²) in [7, 11) is 25.5. The minimum atomic E-state index is -0.540. The fraction of sp³-hybridized carbons (Fsp3) is 1.00. The van der Waals surface area contributed by atoms with E-state index in [4.69, 9.17) is 0 Å². The first kappa shape index (κ1) is 52.5. The van der Waals surface area contributed by atoms with Crippen LogP contribution in [0.4, 0.5) is 0 Å². The molecule has 0 bridgehead atoms. The molecule has 53 heavy (non-hydrogen) atoms. The lowest BCUT2D eigenvalue weighted by molar-refractivity contribution is -0.893. The maximum absolute atomic E-state index is 11.3. The summed E-state index contributed by atoms with van der Waals surface area (Å²) < 4.78 is 3.53. The summed E-state index contributed by atoms with van der Waals surface area (Å²) in [6, 6.07) is 0. The molecule has 0 saturated heterocycles. The molecule has 0 fully saturated rings. The van der Waals surface area contributed by atoms with Gasteiger partial charge in [0.15, 0.2) is 0 Å². The Balaban J connectivity index is 6.26. The van der Waals surface area contributed by atoms with Crippen LogP contribution in [0.2, 0.25) is 0 Å². The topological polar surface area (TPSA) is 111 Å². The van der Waals surface area contributed by atoms with Gasteiger partial charge in [-0.25, -0.2) is 0 Å². The van der Waals surface area contributed by atoms with Gasteiger partial charge in [-0.1, -0.05) is 20.8 Å². The molecule has 0 aliphatic heterocycles. The number of nitrogens with zero attached hydrogens (tertiary/aromatic N) is 8. The molecule has 0 aromatic carbocycles. The Morgan fingerprint density at radius 1 is 0.340 bits per heavy atom. The second kappa shape index (κ2) is 24.3. The van der Waals surface area contributed by atoms with Crippen LogP contribution >= 0.6 is 0 Å². The van der Waals surface area contributed by atoms with E-state index in [1.807, 2.05) is 0 Å². The third-order valence-electron chi connectivity index (χ3n) is 9.93. The third kappa shape index (κ3) is 28.5. The lowest BCUT2D eigenvalue weighted by atomic mass is 10.2. The van der Waals surface area contributed by atoms with Crippen LogP contribution in [-0.2, 0) is 0 Å². The van der Waals surface area contributed by atoms with E-state index in [1.54, 1.807) is 0 Å². The molecule has 0 rings (SSSR count). The van der Waals surface area contributed by atoms with E-state index in [0.717, 1.165) is 52.3 Å². The third-order valence-corrected chi connectivity index (χ3v) is 9.93. The number of quaternary nitrogens is 5. The van der Waals surface area contributed by atoms with Crippen molar-refractivity contribution in [2.24, 2.45) is 0 Å². The van der Waals surface area contributed by atoms with Crippen molar-refractivity contribution in [1.29, 1.82) is 0 Å². The molecule has 320 valence electrons. The average Bonchev–Trinajstić information content (AvgIpc) is 2.90. The van der Waals surface area contributed by atoms with Gasteiger partial charge < -0.3 is 47.9 Å². The zero-order valence-corrected chi connectivity index (χ0v) is 37.8. The van der Waals surface area contributed by atoms with Crippen molar-refractivity contribution in [3.63, 3.8) is 0 Å². The zero-order chi connectivity index (χ0) is 41.3. The smallest absolute Gasteiger partial charge is 0.115 e. The molecule has 0 heterocycles. The predicted molar refractivity (Wildman–Crippen MR) is 222 cm³/mol. The normalized spacial score (nSPS) is 16.8. The Bertz CT molecular complexity index is 915. The first-order valence-electron chi connectivity index (χ1n) is 20.7. The van der Waals surface area contributed by atoms with E-state index >= 15 is 0 Å². The molecule has 5 N–H and O–H groups in total. The number of hydrogen-bond acceptors (Lipinski definition) is 8. The van der Waals surface area contributed by atoms with Crippen molar-refractivity contribution in [3.05, 3.63) is 0 Å². The molecule has 13 heteroatoms. The molecule has 0 aliphatic rings. The van der Waals surface area contributed by atoms with Crippen LogP contribution in [0.25, 0.3) is 0 Å². The number of aliphatic hydroxyl groups excluding tert-OH is 5. The zero-order valence-electron chi connectivity index (χ0n) is 37.8. The maximum Gasteiger partial charge on any atom is 0.115 e. The van der Waals surface area contributed by atoms with Crippen molar-refractivity contribution in [3.8, 4) is 0 Å². The van der Waals surface area contributed by atoms with Gasteiger partial charge in [0.25, 0.3) is 0 Å². The average molecular weight is 768 g/mol. The summed E-state index contributed by atoms with van der Waals surface area (Å²) in [5.41, 5.74) is 0. The van der Waals surface area contributed by atoms with Gasteiger partial charge in [-0.05, 0) is 19.3 Å². The summed E-state index contributed by atoms with van der Waals surface area (Å²) in [6.07, 6.45) is 0.473. The molecule has 13 nitrogen and oxygen atoms in total. The van der Waals surface area contributed by atoms with Crippen LogP contribution in [0.3, 0.4) is 0 Å². The molecule has 0 aromatic heterocycles. The molecule has 0 amide bonds. The van der Waals surface area contributed by atoms with E-state index in [1.165, 1.54) is 0 Å². The standard InChI is InChI=1S/C40H95N8O5/c1-16-23-46(10,11)33-38(51)28-42(27-37(50)32-45(7,8)9)21-19-41(26-36(49)31-44(4,5)6)20-22-43(29-39(52)34-47(12,13)24-17-2)30-40(53)35-48(14,15)25-18-3/h36-40,49-53H,16-35H2,1-15H3/q+5. The van der Waals surface area contributed by atoms with Gasteiger partial charge in [-0.2, -0.15) is 0 Å². The summed E-state index contributed by atoms with van der Waals surface area (Å²) in [5.74, 6) is 0. The maximum atomic E-state index is 11.3. The van der Waals surface area contributed by atoms with Crippen LogP contribution in [0.5, 0.6) is 0 Å². The number of hydrogen-bond donors (Lipinski definition) is 5. The van der Waals surface area contributed by atoms with Crippen LogP contribution < -0.4 is 0 Å². The quantitative estimate of drug-likeness (QED) is 0.0588. The van der Waals surface area contributed by atoms with Crippen LogP contribution in [0.15, 0.2) is 0 Å². The first-order chi connectivity index (χ1) is 24.1. The molecule has 0 radical (unpaired) electrons. The molecule has 5 atom stereocenters. The lowest BCUT2D eigenvalue weighted by Gasteiger charge is -2.37. The highest BCUT2D eigenvalue weighted by Crippen LogP contribution is 2.10. The summed E-state index contributed by atoms with van der Waals surface area (Å²) in [5, 5.41) is 56.4. The monoisotopic (exact) mass is 768 g/mol. The molecule has 0 aliphatic carbocycles. The molecule has 0 saturated carbocycles. The molecule has 0 spiro atoms. The van der Waals surface area contributed by atoms with Crippen molar-refractivity contribution in [1.82, 2.24) is 14.7 Å². The summed E-state index contributed by atoms with van der Waals surface area (Å²) >= 11 is 0. The minimum Gasteiger partial charge on any atom is -0.386 e. The van der Waals surface area contributed by atoms with E-state index in [9.17, 15) is 25.5 Å². The van der Waals surface area contributed by atoms with Gasteiger partial charge in [-0.15, -0.1) is 0 Å². The Morgan fingerprint density at radius 3 is 0.774 bits per heavy atom. The van der Waals surface area contributed by atoms with Crippen molar-refractivity contribution in [2.45, 2.75) is 70.6 Å².